The van der Waals surface area contributed by atoms with Crippen LogP contribution in [-0.4, -0.2) is 12.2 Å². The maximum Gasteiger partial charge on any atom is 0.211 e. The number of nitrogens with two attached hydrogens (primary N) is 3. The number of guanidine groups is 1. The number of nitrogen functional groups attached to an aromatic ring is 1. The fraction of sp³-hybridized carbons (Fsp3) is 0. The molecule has 0 fully saturated rings. The molecule has 0 atom stereocenters. The van der Waals surface area contributed by atoms with Gasteiger partial charge in [0.15, 0.2) is 0 Å². The van der Waals surface area contributed by atoms with Crippen LogP contribution in [0.15, 0.2) is 31.3 Å². The topological polar surface area (TPSA) is 103 Å². The third-order valence-electron chi connectivity index (χ3n) is 1.50. The summed E-state index contributed by atoms with van der Waals surface area (Å²) < 4.78 is 1.66. The van der Waals surface area contributed by atoms with E-state index in [4.69, 9.17) is 17.2 Å². The van der Waals surface area contributed by atoms with Crippen molar-refractivity contribution in [3.63, 3.8) is 0 Å². The Labute approximate surface area is 104 Å². The molecule has 0 heterocycles. The molecule has 1 aromatic rings. The van der Waals surface area contributed by atoms with E-state index in [-0.39, 0.29) is 5.96 Å². The molecule has 0 spiro atoms. The van der Waals surface area contributed by atoms with Crippen molar-refractivity contribution in [3.8, 4) is 0 Å². The molecule has 0 aliphatic rings. The van der Waals surface area contributed by atoms with Crippen molar-refractivity contribution in [1.29, 1.82) is 0 Å². The van der Waals surface area contributed by atoms with Gasteiger partial charge in [0.1, 0.15) is 0 Å². The smallest absolute Gasteiger partial charge is 0.211 e. The molecule has 0 aromatic heterocycles. The first kappa shape index (κ1) is 12.0. The van der Waals surface area contributed by atoms with E-state index in [0.717, 1.165) is 14.5 Å². The van der Waals surface area contributed by atoms with Crippen LogP contribution in [0.4, 0.5) is 5.69 Å². The maximum absolute atomic E-state index is 5.80. The largest absolute Gasteiger partial charge is 0.397 e. The fourth-order valence-corrected chi connectivity index (χ4v) is 2.13. The zero-order valence-corrected chi connectivity index (χ0v) is 10.8. The van der Waals surface area contributed by atoms with Gasteiger partial charge < -0.3 is 17.2 Å². The molecule has 0 amide bonds. The Hall–Kier alpha value is -1.08. The molecule has 80 valence electrons. The lowest BCUT2D eigenvalue weighted by Crippen LogP contribution is -2.21. The highest BCUT2D eigenvalue weighted by atomic mass is 79.9. The average molecular weight is 335 g/mol. The Morgan fingerprint density at radius 3 is 2.53 bits per heavy atom. The molecule has 7 heteroatoms. The van der Waals surface area contributed by atoms with E-state index in [1.165, 1.54) is 6.21 Å². The van der Waals surface area contributed by atoms with Gasteiger partial charge >= 0.3 is 0 Å². The van der Waals surface area contributed by atoms with E-state index < -0.39 is 0 Å². The van der Waals surface area contributed by atoms with Crippen LogP contribution in [0.5, 0.6) is 0 Å². The second-order valence-electron chi connectivity index (χ2n) is 2.66. The van der Waals surface area contributed by atoms with Crippen LogP contribution in [-0.2, 0) is 0 Å². The highest BCUT2D eigenvalue weighted by Crippen LogP contribution is 2.27. The van der Waals surface area contributed by atoms with Crippen LogP contribution in [0.1, 0.15) is 5.56 Å². The van der Waals surface area contributed by atoms with Gasteiger partial charge in [-0.15, -0.1) is 5.10 Å². The zero-order valence-electron chi connectivity index (χ0n) is 7.61. The van der Waals surface area contributed by atoms with E-state index in [0.29, 0.717) is 5.69 Å². The van der Waals surface area contributed by atoms with Crippen LogP contribution < -0.4 is 17.2 Å². The standard InChI is InChI=1S/C8H9Br2N5/c9-5-1-4(3-14-15-8(12)13)7(11)6(10)2-5/h1-3H,11H2,(H4,12,13,15). The number of anilines is 1. The van der Waals surface area contributed by atoms with Gasteiger partial charge in [-0.05, 0) is 28.1 Å². The summed E-state index contributed by atoms with van der Waals surface area (Å²) in [6, 6.07) is 3.65. The Morgan fingerprint density at radius 1 is 1.27 bits per heavy atom. The second kappa shape index (κ2) is 5.13. The van der Waals surface area contributed by atoms with Crippen molar-refractivity contribution in [2.75, 3.05) is 5.73 Å². The normalized spacial score (nSPS) is 10.5. The van der Waals surface area contributed by atoms with Gasteiger partial charge in [-0.2, -0.15) is 5.10 Å². The number of hydrogen-bond acceptors (Lipinski definition) is 3. The van der Waals surface area contributed by atoms with Crippen LogP contribution >= 0.6 is 31.9 Å². The number of hydrogen-bond donors (Lipinski definition) is 3. The Bertz CT molecular complexity index is 423. The summed E-state index contributed by atoms with van der Waals surface area (Å²) in [6.45, 7) is 0. The van der Waals surface area contributed by atoms with Gasteiger partial charge in [-0.3, -0.25) is 0 Å². The number of rotatable bonds is 2. The fourth-order valence-electron chi connectivity index (χ4n) is 0.869. The predicted octanol–water partition coefficient (Wildman–Crippen LogP) is 1.40. The molecule has 6 N–H and O–H groups in total. The minimum atomic E-state index is -0.0983. The number of halogens is 2. The summed E-state index contributed by atoms with van der Waals surface area (Å²) in [5.41, 5.74) is 17.3. The minimum absolute atomic E-state index is 0.0983. The third-order valence-corrected chi connectivity index (χ3v) is 2.61. The number of benzene rings is 1. The van der Waals surface area contributed by atoms with E-state index in [2.05, 4.69) is 42.1 Å². The van der Waals surface area contributed by atoms with Gasteiger partial charge in [0.05, 0.1) is 11.9 Å². The SMILES string of the molecule is NC(N)=NN=Cc1cc(Br)cc(Br)c1N. The molecule has 0 aliphatic carbocycles. The lowest BCUT2D eigenvalue weighted by Gasteiger charge is -2.03. The summed E-state index contributed by atoms with van der Waals surface area (Å²) in [6.07, 6.45) is 1.48. The molecule has 0 bridgehead atoms. The summed E-state index contributed by atoms with van der Waals surface area (Å²) in [4.78, 5) is 0. The van der Waals surface area contributed by atoms with Crippen molar-refractivity contribution in [3.05, 3.63) is 26.6 Å². The average Bonchev–Trinajstić information content (AvgIpc) is 2.12. The molecule has 1 rings (SSSR count). The summed E-state index contributed by atoms with van der Waals surface area (Å²) >= 11 is 6.65. The summed E-state index contributed by atoms with van der Waals surface area (Å²) in [5.74, 6) is -0.0983. The first-order valence-electron chi connectivity index (χ1n) is 3.87. The molecular formula is C8H9Br2N5. The van der Waals surface area contributed by atoms with Crippen LogP contribution in [0.3, 0.4) is 0 Å². The lowest BCUT2D eigenvalue weighted by molar-refractivity contribution is 1.21. The minimum Gasteiger partial charge on any atom is -0.397 e. The third kappa shape index (κ3) is 3.52. The van der Waals surface area contributed by atoms with Crippen molar-refractivity contribution < 1.29 is 0 Å². The number of nitrogens with zero attached hydrogens (tertiary/aromatic N) is 2. The molecule has 0 saturated heterocycles. The molecule has 5 nitrogen and oxygen atoms in total. The highest BCUT2D eigenvalue weighted by Gasteiger charge is 2.02. The molecule has 0 unspecified atom stereocenters. The van der Waals surface area contributed by atoms with Gasteiger partial charge in [-0.1, -0.05) is 15.9 Å². The molecule has 0 aliphatic heterocycles. The quantitative estimate of drug-likeness (QED) is 0.329. The molecular weight excluding hydrogens is 326 g/mol. The van der Waals surface area contributed by atoms with Gasteiger partial charge in [0, 0.05) is 14.5 Å². The van der Waals surface area contributed by atoms with Crippen molar-refractivity contribution in [1.82, 2.24) is 0 Å². The first-order chi connectivity index (χ1) is 7.00. The zero-order chi connectivity index (χ0) is 11.4. The van der Waals surface area contributed by atoms with Gasteiger partial charge in [0.2, 0.25) is 5.96 Å². The van der Waals surface area contributed by atoms with Crippen molar-refractivity contribution in [2.24, 2.45) is 21.7 Å². The Kier molecular flexibility index (Phi) is 4.10. The Morgan fingerprint density at radius 2 is 1.93 bits per heavy atom. The summed E-state index contributed by atoms with van der Waals surface area (Å²) in [5, 5.41) is 7.15. The molecule has 15 heavy (non-hydrogen) atoms. The van der Waals surface area contributed by atoms with Crippen LogP contribution in [0.2, 0.25) is 0 Å². The monoisotopic (exact) mass is 333 g/mol. The van der Waals surface area contributed by atoms with E-state index in [9.17, 15) is 0 Å². The lowest BCUT2D eigenvalue weighted by atomic mass is 10.2. The second-order valence-corrected chi connectivity index (χ2v) is 4.43. The van der Waals surface area contributed by atoms with Crippen LogP contribution in [0.25, 0.3) is 0 Å². The first-order valence-corrected chi connectivity index (χ1v) is 5.46. The van der Waals surface area contributed by atoms with Gasteiger partial charge in [0.25, 0.3) is 0 Å². The van der Waals surface area contributed by atoms with E-state index in [1.807, 2.05) is 12.1 Å². The molecule has 0 radical (unpaired) electrons. The maximum atomic E-state index is 5.80. The van der Waals surface area contributed by atoms with Gasteiger partial charge in [-0.25, -0.2) is 0 Å². The Balaban J connectivity index is 3.05. The van der Waals surface area contributed by atoms with Crippen molar-refractivity contribution in [2.45, 2.75) is 0 Å². The molecule has 1 aromatic carbocycles. The van der Waals surface area contributed by atoms with Crippen LogP contribution in [0, 0.1) is 0 Å². The summed E-state index contributed by atoms with van der Waals surface area (Å²) in [7, 11) is 0. The predicted molar refractivity (Wildman–Crippen MR) is 69.7 cm³/mol. The van der Waals surface area contributed by atoms with Crippen molar-refractivity contribution >= 4 is 49.7 Å². The molecule has 0 saturated carbocycles. The highest BCUT2D eigenvalue weighted by molar-refractivity contribution is 9.11. The van der Waals surface area contributed by atoms with E-state index >= 15 is 0 Å². The van der Waals surface area contributed by atoms with E-state index in [1.54, 1.807) is 0 Å².